The fourth-order valence-corrected chi connectivity index (χ4v) is 7.03. The Morgan fingerprint density at radius 2 is 2.03 bits per heavy atom. The van der Waals surface area contributed by atoms with Gasteiger partial charge < -0.3 is 10.1 Å². The lowest BCUT2D eigenvalue weighted by Crippen LogP contribution is -2.49. The molecule has 1 saturated heterocycles. The normalized spacial score (nSPS) is 25.0. The minimum atomic E-state index is -1.26. The molecule has 0 aliphatic carbocycles. The van der Waals surface area contributed by atoms with Crippen molar-refractivity contribution in [2.24, 2.45) is 0 Å². The van der Waals surface area contributed by atoms with Gasteiger partial charge in [-0.2, -0.15) is 5.10 Å². The van der Waals surface area contributed by atoms with E-state index in [1.54, 1.807) is 30.3 Å². The highest BCUT2D eigenvalue weighted by Crippen LogP contribution is 2.59. The highest BCUT2D eigenvalue weighted by molar-refractivity contribution is 6.31. The molecular formula is C28H21Cl2FN4O3. The van der Waals surface area contributed by atoms with Gasteiger partial charge in [0.05, 0.1) is 29.3 Å². The van der Waals surface area contributed by atoms with Crippen LogP contribution in [0.5, 0.6) is 0 Å². The van der Waals surface area contributed by atoms with E-state index in [9.17, 15) is 9.59 Å². The van der Waals surface area contributed by atoms with E-state index in [0.717, 1.165) is 16.6 Å². The molecule has 4 atom stereocenters. The summed E-state index contributed by atoms with van der Waals surface area (Å²) in [6.07, 6.45) is 0.564. The van der Waals surface area contributed by atoms with Crippen LogP contribution in [0.25, 0.3) is 10.9 Å². The van der Waals surface area contributed by atoms with Crippen molar-refractivity contribution >= 4 is 51.7 Å². The first kappa shape index (κ1) is 23.6. The fourth-order valence-electron chi connectivity index (χ4n) is 6.67. The number of carbonyl (C=O) groups excluding carboxylic acids is 2. The van der Waals surface area contributed by atoms with Crippen LogP contribution in [0.1, 0.15) is 44.7 Å². The number of nitrogens with zero attached hydrogens (tertiary/aromatic N) is 2. The molecule has 3 aliphatic heterocycles. The largest absolute Gasteiger partial charge is 0.465 e. The summed E-state index contributed by atoms with van der Waals surface area (Å²) < 4.78 is 22.6. The van der Waals surface area contributed by atoms with Gasteiger partial charge in [0.25, 0.3) is 0 Å². The summed E-state index contributed by atoms with van der Waals surface area (Å²) in [6.45, 7) is 1.86. The molecule has 38 heavy (non-hydrogen) atoms. The number of fused-ring (bicyclic) bond motifs is 7. The van der Waals surface area contributed by atoms with Crippen LogP contribution in [0.4, 0.5) is 10.1 Å². The highest BCUT2D eigenvalue weighted by Gasteiger charge is 2.65. The third kappa shape index (κ3) is 2.96. The van der Waals surface area contributed by atoms with Gasteiger partial charge in [-0.05, 0) is 48.4 Å². The van der Waals surface area contributed by atoms with Crippen molar-refractivity contribution in [1.29, 1.82) is 0 Å². The maximum Gasteiger partial charge on any atom is 0.338 e. The predicted molar refractivity (Wildman–Crippen MR) is 141 cm³/mol. The summed E-state index contributed by atoms with van der Waals surface area (Å²) >= 11 is 12.5. The Balaban J connectivity index is 1.47. The SMILES string of the molecule is COC(=O)c1cc2nn3c(c2cc1C)C[C@@H]1N[C@@]2(C(=O)Nc4cc(Cl)ccc42)[C@@H](c2cccc(Cl)c2F)[C@@H]13. The molecule has 3 aliphatic rings. The molecule has 0 radical (unpaired) electrons. The van der Waals surface area contributed by atoms with Crippen molar-refractivity contribution in [3.8, 4) is 0 Å². The molecule has 0 bridgehead atoms. The molecule has 4 heterocycles. The second-order valence-electron chi connectivity index (χ2n) is 10.1. The van der Waals surface area contributed by atoms with E-state index in [1.165, 1.54) is 13.2 Å². The number of methoxy groups -OCH3 is 1. The van der Waals surface area contributed by atoms with Crippen LogP contribution in [0.15, 0.2) is 48.5 Å². The molecule has 7 nitrogen and oxygen atoms in total. The summed E-state index contributed by atoms with van der Waals surface area (Å²) in [4.78, 5) is 26.1. The smallest absolute Gasteiger partial charge is 0.338 e. The maximum atomic E-state index is 15.7. The number of halogens is 3. The van der Waals surface area contributed by atoms with E-state index in [4.69, 9.17) is 33.0 Å². The molecule has 1 amide bonds. The zero-order chi connectivity index (χ0) is 26.5. The van der Waals surface area contributed by atoms with Crippen molar-refractivity contribution < 1.29 is 18.7 Å². The number of carbonyl (C=O) groups is 2. The van der Waals surface area contributed by atoms with Crippen LogP contribution in [-0.2, 0) is 21.5 Å². The van der Waals surface area contributed by atoms with Crippen LogP contribution in [-0.4, -0.2) is 34.8 Å². The molecule has 1 aromatic heterocycles. The number of amides is 1. The fraction of sp³-hybridized carbons (Fsp3) is 0.250. The van der Waals surface area contributed by atoms with Gasteiger partial charge in [0.15, 0.2) is 0 Å². The van der Waals surface area contributed by atoms with E-state index in [2.05, 4.69) is 10.6 Å². The van der Waals surface area contributed by atoms with Gasteiger partial charge in [-0.15, -0.1) is 0 Å². The maximum absolute atomic E-state index is 15.7. The number of benzene rings is 3. The monoisotopic (exact) mass is 550 g/mol. The Hall–Kier alpha value is -3.46. The average molecular weight is 551 g/mol. The van der Waals surface area contributed by atoms with E-state index in [-0.39, 0.29) is 17.0 Å². The number of ether oxygens (including phenoxy) is 1. The van der Waals surface area contributed by atoms with Gasteiger partial charge >= 0.3 is 5.97 Å². The second-order valence-corrected chi connectivity index (χ2v) is 10.9. The van der Waals surface area contributed by atoms with Crippen molar-refractivity contribution in [2.75, 3.05) is 12.4 Å². The Labute approximate surface area is 226 Å². The number of esters is 1. The van der Waals surface area contributed by atoms with Gasteiger partial charge in [-0.3, -0.25) is 14.8 Å². The topological polar surface area (TPSA) is 85.2 Å². The average Bonchev–Trinajstić information content (AvgIpc) is 3.58. The number of aryl methyl sites for hydroxylation is 1. The van der Waals surface area contributed by atoms with Crippen molar-refractivity contribution in [3.63, 3.8) is 0 Å². The number of anilines is 1. The molecule has 10 heteroatoms. The van der Waals surface area contributed by atoms with Crippen LogP contribution < -0.4 is 10.6 Å². The third-order valence-electron chi connectivity index (χ3n) is 8.21. The molecule has 7 rings (SSSR count). The Morgan fingerprint density at radius 3 is 2.82 bits per heavy atom. The van der Waals surface area contributed by atoms with Crippen LogP contribution in [0, 0.1) is 12.7 Å². The molecule has 192 valence electrons. The minimum Gasteiger partial charge on any atom is -0.465 e. The van der Waals surface area contributed by atoms with Gasteiger partial charge in [-0.25, -0.2) is 9.18 Å². The summed E-state index contributed by atoms with van der Waals surface area (Å²) in [6, 6.07) is 13.2. The Morgan fingerprint density at radius 1 is 1.21 bits per heavy atom. The van der Waals surface area contributed by atoms with E-state index >= 15 is 4.39 Å². The first-order valence-corrected chi connectivity index (χ1v) is 12.9. The second kappa shape index (κ2) is 8.02. The number of hydrogen-bond donors (Lipinski definition) is 2. The number of nitrogens with one attached hydrogen (secondary N) is 2. The lowest BCUT2D eigenvalue weighted by Gasteiger charge is -2.33. The molecule has 4 aromatic rings. The number of aromatic nitrogens is 2. The molecule has 3 aromatic carbocycles. The third-order valence-corrected chi connectivity index (χ3v) is 8.74. The first-order chi connectivity index (χ1) is 18.2. The zero-order valence-corrected chi connectivity index (χ0v) is 21.8. The van der Waals surface area contributed by atoms with Crippen LogP contribution in [0.3, 0.4) is 0 Å². The Bertz CT molecular complexity index is 1720. The highest BCUT2D eigenvalue weighted by atomic mass is 35.5. The van der Waals surface area contributed by atoms with Crippen molar-refractivity contribution in [1.82, 2.24) is 15.1 Å². The number of hydrogen-bond acceptors (Lipinski definition) is 5. The van der Waals surface area contributed by atoms with Crippen LogP contribution in [0.2, 0.25) is 10.0 Å². The van der Waals surface area contributed by atoms with Gasteiger partial charge in [-0.1, -0.05) is 41.4 Å². The lowest BCUT2D eigenvalue weighted by atomic mass is 9.74. The minimum absolute atomic E-state index is 0.0157. The molecular weight excluding hydrogens is 530 g/mol. The summed E-state index contributed by atoms with van der Waals surface area (Å²) in [5.41, 5.74) is 3.17. The standard InChI is InChI=1S/C28H21Cl2FN4O3/c1-12-8-16-19(10-15(12)26(36)38-2)34-35-22(16)11-21-25(35)23(14-4-3-5-18(30)24(14)31)28(33-21)17-7-6-13(29)9-20(17)32-27(28)37/h3-10,21,23,25,33H,11H2,1-2H3,(H,32,37)/t21-,23-,25+,28+/m0/s1. The quantitative estimate of drug-likeness (QED) is 0.332. The zero-order valence-electron chi connectivity index (χ0n) is 20.3. The molecule has 0 saturated carbocycles. The Kier molecular flexibility index (Phi) is 4.99. The van der Waals surface area contributed by atoms with E-state index < -0.39 is 29.3 Å². The number of rotatable bonds is 2. The van der Waals surface area contributed by atoms with Crippen LogP contribution >= 0.6 is 23.2 Å². The van der Waals surface area contributed by atoms with E-state index in [1.807, 2.05) is 23.7 Å². The molecule has 0 unspecified atom stereocenters. The molecule has 1 fully saturated rings. The summed E-state index contributed by atoms with van der Waals surface area (Å²) in [5, 5.41) is 12.8. The van der Waals surface area contributed by atoms with E-state index in [0.29, 0.717) is 39.3 Å². The lowest BCUT2D eigenvalue weighted by molar-refractivity contribution is -0.122. The molecule has 1 spiro atoms. The summed E-state index contributed by atoms with van der Waals surface area (Å²) in [7, 11) is 1.34. The van der Waals surface area contributed by atoms with Gasteiger partial charge in [0.1, 0.15) is 11.4 Å². The molecule has 2 N–H and O–H groups in total. The van der Waals surface area contributed by atoms with Gasteiger partial charge in [0, 0.05) is 45.7 Å². The first-order valence-electron chi connectivity index (χ1n) is 12.2. The van der Waals surface area contributed by atoms with Crippen molar-refractivity contribution in [2.45, 2.75) is 36.9 Å². The van der Waals surface area contributed by atoms with Gasteiger partial charge in [0.2, 0.25) is 5.91 Å². The van der Waals surface area contributed by atoms with Crippen molar-refractivity contribution in [3.05, 3.63) is 92.3 Å². The predicted octanol–water partition coefficient (Wildman–Crippen LogP) is 5.28. The summed E-state index contributed by atoms with van der Waals surface area (Å²) in [5.74, 6) is -1.96.